The second-order valence-electron chi connectivity index (χ2n) is 12.0. The number of likely N-dealkylation sites (tertiary alicyclic amines) is 1. The molecule has 2 aromatic carbocycles. The number of ether oxygens (including phenoxy) is 1. The van der Waals surface area contributed by atoms with Crippen molar-refractivity contribution in [3.8, 4) is 5.75 Å². The standard InChI is InChI=1S/C30H30F6N2O4/c1-16-25-38(15-19-12-20(29(31,32)33)3-5-24(19)42-25)27(41)28(16)9-6-21(14-28)37-10-7-17(8-11-37)18-2-4-23(30(34,35)36)22(13-18)26(39)40/h2-5,12-13,16-17,21,25H,6-11,14-15H2,1H3,(H,39,40)/t16?,21-,25?,28+/m1/s1. The van der Waals surface area contributed by atoms with Gasteiger partial charge in [0.05, 0.1) is 28.7 Å². The van der Waals surface area contributed by atoms with E-state index < -0.39 is 46.7 Å². The number of benzene rings is 2. The topological polar surface area (TPSA) is 70.1 Å². The van der Waals surface area contributed by atoms with E-state index in [0.29, 0.717) is 55.6 Å². The minimum atomic E-state index is -4.75. The highest BCUT2D eigenvalue weighted by Gasteiger charge is 2.62. The van der Waals surface area contributed by atoms with Gasteiger partial charge in [-0.15, -0.1) is 0 Å². The fraction of sp³-hybridized carbons (Fsp3) is 0.533. The van der Waals surface area contributed by atoms with Crippen LogP contribution in [0, 0.1) is 11.3 Å². The average Bonchev–Trinajstić information content (AvgIpc) is 3.47. The number of piperidine rings is 1. The van der Waals surface area contributed by atoms with E-state index in [4.69, 9.17) is 4.74 Å². The van der Waals surface area contributed by atoms with Gasteiger partial charge in [0, 0.05) is 17.5 Å². The summed E-state index contributed by atoms with van der Waals surface area (Å²) in [5, 5.41) is 9.36. The van der Waals surface area contributed by atoms with Gasteiger partial charge >= 0.3 is 18.3 Å². The Hall–Kier alpha value is -3.28. The van der Waals surface area contributed by atoms with Crippen molar-refractivity contribution in [2.45, 2.75) is 76.1 Å². The second-order valence-corrected chi connectivity index (χ2v) is 12.0. The Bertz CT molecular complexity index is 1420. The Balaban J connectivity index is 1.13. The minimum absolute atomic E-state index is 0.0658. The lowest BCUT2D eigenvalue weighted by Crippen LogP contribution is -2.42. The zero-order valence-electron chi connectivity index (χ0n) is 22.8. The predicted molar refractivity (Wildman–Crippen MR) is 138 cm³/mol. The number of carbonyl (C=O) groups is 2. The van der Waals surface area contributed by atoms with Gasteiger partial charge in [0.15, 0.2) is 6.23 Å². The molecular weight excluding hydrogens is 566 g/mol. The molecule has 226 valence electrons. The Kier molecular flexibility index (Phi) is 6.79. The van der Waals surface area contributed by atoms with Crippen LogP contribution in [0.4, 0.5) is 26.3 Å². The molecule has 6 nitrogen and oxygen atoms in total. The van der Waals surface area contributed by atoms with Crippen LogP contribution in [0.15, 0.2) is 36.4 Å². The molecule has 1 saturated carbocycles. The lowest BCUT2D eigenvalue weighted by atomic mass is 9.76. The summed E-state index contributed by atoms with van der Waals surface area (Å²) in [6, 6.07) is 6.83. The number of rotatable bonds is 3. The third kappa shape index (κ3) is 4.71. The number of amides is 1. The summed E-state index contributed by atoms with van der Waals surface area (Å²) in [4.78, 5) is 29.2. The fourth-order valence-corrected chi connectivity index (χ4v) is 7.58. The molecule has 4 aliphatic rings. The molecule has 3 fully saturated rings. The van der Waals surface area contributed by atoms with Gasteiger partial charge in [-0.05, 0) is 87.0 Å². The smallest absolute Gasteiger partial charge is 0.417 e. The van der Waals surface area contributed by atoms with Crippen molar-refractivity contribution in [2.75, 3.05) is 13.1 Å². The van der Waals surface area contributed by atoms with Gasteiger partial charge in [0.25, 0.3) is 0 Å². The van der Waals surface area contributed by atoms with E-state index in [1.807, 2.05) is 6.92 Å². The third-order valence-corrected chi connectivity index (χ3v) is 9.89. The van der Waals surface area contributed by atoms with Crippen LogP contribution in [0.2, 0.25) is 0 Å². The number of alkyl halides is 6. The molecule has 1 spiro atoms. The number of nitrogens with zero attached hydrogens (tertiary/aromatic N) is 2. The molecule has 1 N–H and O–H groups in total. The first-order valence-corrected chi connectivity index (χ1v) is 14.1. The minimum Gasteiger partial charge on any atom is -0.478 e. The molecule has 2 unspecified atom stereocenters. The molecule has 12 heteroatoms. The molecule has 1 aliphatic carbocycles. The molecule has 0 bridgehead atoms. The van der Waals surface area contributed by atoms with Crippen LogP contribution in [0.5, 0.6) is 5.75 Å². The maximum absolute atomic E-state index is 13.8. The summed E-state index contributed by atoms with van der Waals surface area (Å²) >= 11 is 0. The fourth-order valence-electron chi connectivity index (χ4n) is 7.58. The van der Waals surface area contributed by atoms with Crippen molar-refractivity contribution in [1.82, 2.24) is 9.80 Å². The van der Waals surface area contributed by atoms with Crippen molar-refractivity contribution in [3.63, 3.8) is 0 Å². The highest BCUT2D eigenvalue weighted by molar-refractivity contribution is 5.90. The molecule has 4 atom stereocenters. The van der Waals surface area contributed by atoms with Crippen molar-refractivity contribution in [2.24, 2.45) is 11.3 Å². The summed E-state index contributed by atoms with van der Waals surface area (Å²) in [5.74, 6) is -1.58. The number of hydrogen-bond donors (Lipinski definition) is 1. The Morgan fingerprint density at radius 2 is 1.71 bits per heavy atom. The van der Waals surface area contributed by atoms with Crippen LogP contribution < -0.4 is 4.74 Å². The Labute approximate surface area is 238 Å². The molecule has 2 saturated heterocycles. The Morgan fingerprint density at radius 3 is 2.36 bits per heavy atom. The number of hydrogen-bond acceptors (Lipinski definition) is 4. The first-order valence-electron chi connectivity index (χ1n) is 14.1. The molecule has 3 heterocycles. The summed E-state index contributed by atoms with van der Waals surface area (Å²) in [7, 11) is 0. The van der Waals surface area contributed by atoms with Gasteiger partial charge in [-0.25, -0.2) is 4.79 Å². The quantitative estimate of drug-likeness (QED) is 0.408. The molecule has 2 aromatic rings. The van der Waals surface area contributed by atoms with E-state index in [-0.39, 0.29) is 30.3 Å². The van der Waals surface area contributed by atoms with Gasteiger partial charge < -0.3 is 19.6 Å². The number of carboxylic acids is 1. The lowest BCUT2D eigenvalue weighted by Gasteiger charge is -2.37. The zero-order chi connectivity index (χ0) is 30.2. The summed E-state index contributed by atoms with van der Waals surface area (Å²) in [6.45, 7) is 3.35. The van der Waals surface area contributed by atoms with Crippen molar-refractivity contribution < 1.29 is 45.8 Å². The van der Waals surface area contributed by atoms with E-state index in [0.717, 1.165) is 30.7 Å². The van der Waals surface area contributed by atoms with E-state index in [1.165, 1.54) is 12.1 Å². The SMILES string of the molecule is CC1C2Oc3ccc(C(F)(F)F)cc3CN2C(=O)[C@]12CC[C@@H](N1CCC(c3ccc(C(F)(F)F)c(C(=O)O)c3)CC1)C2. The summed E-state index contributed by atoms with van der Waals surface area (Å²) in [6.07, 6.45) is -6.49. The normalized spacial score (nSPS) is 28.6. The number of carbonyl (C=O) groups excluding carboxylic acids is 1. The average molecular weight is 597 g/mol. The number of carboxylic acid groups (broad SMARTS) is 1. The monoisotopic (exact) mass is 596 g/mol. The highest BCUT2D eigenvalue weighted by Crippen LogP contribution is 2.56. The Morgan fingerprint density at radius 1 is 1.00 bits per heavy atom. The van der Waals surface area contributed by atoms with E-state index in [2.05, 4.69) is 4.90 Å². The molecule has 1 amide bonds. The van der Waals surface area contributed by atoms with Crippen molar-refractivity contribution >= 4 is 11.9 Å². The van der Waals surface area contributed by atoms with E-state index in [9.17, 15) is 41.0 Å². The highest BCUT2D eigenvalue weighted by atomic mass is 19.4. The molecular formula is C30H30F6N2O4. The molecule has 42 heavy (non-hydrogen) atoms. The second kappa shape index (κ2) is 9.89. The van der Waals surface area contributed by atoms with Gasteiger partial charge in [0.1, 0.15) is 5.75 Å². The van der Waals surface area contributed by atoms with Gasteiger partial charge in [-0.2, -0.15) is 26.3 Å². The third-order valence-electron chi connectivity index (χ3n) is 9.89. The zero-order valence-corrected chi connectivity index (χ0v) is 22.8. The first kappa shape index (κ1) is 28.8. The van der Waals surface area contributed by atoms with Gasteiger partial charge in [-0.3, -0.25) is 4.79 Å². The van der Waals surface area contributed by atoms with Gasteiger partial charge in [0.2, 0.25) is 5.91 Å². The number of fused-ring (bicyclic) bond motifs is 2. The van der Waals surface area contributed by atoms with Crippen LogP contribution in [0.25, 0.3) is 0 Å². The summed E-state index contributed by atoms with van der Waals surface area (Å²) in [5.41, 5.74) is -2.45. The van der Waals surface area contributed by atoms with Crippen LogP contribution in [-0.2, 0) is 23.7 Å². The maximum atomic E-state index is 13.8. The maximum Gasteiger partial charge on any atom is 0.417 e. The first-order chi connectivity index (χ1) is 19.7. The van der Waals surface area contributed by atoms with Crippen LogP contribution in [0.1, 0.15) is 77.6 Å². The largest absolute Gasteiger partial charge is 0.478 e. The van der Waals surface area contributed by atoms with Gasteiger partial charge in [-0.1, -0.05) is 13.0 Å². The molecule has 6 rings (SSSR count). The number of halogens is 6. The molecule has 3 aliphatic heterocycles. The lowest BCUT2D eigenvalue weighted by molar-refractivity contribution is -0.141. The van der Waals surface area contributed by atoms with Crippen LogP contribution >= 0.6 is 0 Å². The van der Waals surface area contributed by atoms with Crippen molar-refractivity contribution in [3.05, 3.63) is 64.2 Å². The van der Waals surface area contributed by atoms with Crippen LogP contribution in [0.3, 0.4) is 0 Å². The summed E-state index contributed by atoms with van der Waals surface area (Å²) < 4.78 is 85.7. The molecule has 0 radical (unpaired) electrons. The van der Waals surface area contributed by atoms with E-state index >= 15 is 0 Å². The van der Waals surface area contributed by atoms with Crippen LogP contribution in [-0.4, -0.2) is 52.1 Å². The van der Waals surface area contributed by atoms with Crippen molar-refractivity contribution in [1.29, 1.82) is 0 Å². The molecule has 0 aromatic heterocycles. The van der Waals surface area contributed by atoms with E-state index in [1.54, 1.807) is 4.90 Å². The predicted octanol–water partition coefficient (Wildman–Crippen LogP) is 6.54. The number of aromatic carboxylic acids is 1.